The van der Waals surface area contributed by atoms with Gasteiger partial charge in [0.1, 0.15) is 0 Å². The summed E-state index contributed by atoms with van der Waals surface area (Å²) in [4.78, 5) is 0.0910. The van der Waals surface area contributed by atoms with Crippen molar-refractivity contribution in [2.24, 2.45) is 0 Å². The summed E-state index contributed by atoms with van der Waals surface area (Å²) in [5, 5.41) is 18.0. The molecule has 104 valence electrons. The van der Waals surface area contributed by atoms with Crippen molar-refractivity contribution in [1.82, 2.24) is 0 Å². The van der Waals surface area contributed by atoms with Crippen molar-refractivity contribution in [3.05, 3.63) is 54.6 Å². The zero-order valence-corrected chi connectivity index (χ0v) is 11.7. The number of benzene rings is 2. The van der Waals surface area contributed by atoms with Crippen LogP contribution in [0, 0.1) is 0 Å². The van der Waals surface area contributed by atoms with Gasteiger partial charge in [0.2, 0.25) is 0 Å². The summed E-state index contributed by atoms with van der Waals surface area (Å²) in [6.07, 6.45) is 0. The fourth-order valence-corrected chi connectivity index (χ4v) is 2.94. The van der Waals surface area contributed by atoms with E-state index < -0.39 is 17.1 Å². The fourth-order valence-electron chi connectivity index (χ4n) is 1.75. The van der Waals surface area contributed by atoms with Crippen LogP contribution in [0.1, 0.15) is 0 Å². The van der Waals surface area contributed by atoms with Gasteiger partial charge in [-0.1, -0.05) is 30.3 Å². The molecule has 0 aliphatic rings. The van der Waals surface area contributed by atoms with Gasteiger partial charge in [-0.25, -0.2) is 8.42 Å². The van der Waals surface area contributed by atoms with Crippen LogP contribution >= 0.6 is 0 Å². The number of hydrogen-bond donors (Lipinski definition) is 2. The largest absolute Gasteiger partial charge is 0.488 e. The first-order valence-corrected chi connectivity index (χ1v) is 7.37. The van der Waals surface area contributed by atoms with E-state index in [1.54, 1.807) is 30.3 Å². The lowest BCUT2D eigenvalue weighted by Gasteiger charge is -2.19. The van der Waals surface area contributed by atoms with Crippen molar-refractivity contribution in [3.8, 4) is 0 Å². The Kier molecular flexibility index (Phi) is 4.13. The Morgan fingerprint density at radius 2 is 1.50 bits per heavy atom. The molecule has 2 N–H and O–H groups in total. The van der Waals surface area contributed by atoms with Crippen molar-refractivity contribution in [2.45, 2.75) is 4.90 Å². The van der Waals surface area contributed by atoms with Crippen LogP contribution in [0.15, 0.2) is 59.5 Å². The van der Waals surface area contributed by atoms with Crippen LogP contribution in [0.25, 0.3) is 0 Å². The smallest absolute Gasteiger partial charge is 0.423 e. The van der Waals surface area contributed by atoms with E-state index in [-0.39, 0.29) is 10.4 Å². The van der Waals surface area contributed by atoms with Crippen LogP contribution in [-0.4, -0.2) is 32.6 Å². The van der Waals surface area contributed by atoms with E-state index in [1.165, 1.54) is 35.6 Å². The number of anilines is 1. The molecule has 0 radical (unpaired) electrons. The standard InChI is InChI=1S/C13H14BNO4S/c1-15(12-5-3-2-4-6-12)20(18,19)13-9-7-11(8-10-13)14(16)17/h2-10,16-17H,1H3. The third kappa shape index (κ3) is 2.85. The summed E-state index contributed by atoms with van der Waals surface area (Å²) in [6.45, 7) is 0. The Labute approximate surface area is 118 Å². The summed E-state index contributed by atoms with van der Waals surface area (Å²) in [5.74, 6) is 0. The molecule has 2 aromatic carbocycles. The highest BCUT2D eigenvalue weighted by molar-refractivity contribution is 7.92. The van der Waals surface area contributed by atoms with Gasteiger partial charge in [0.25, 0.3) is 10.0 Å². The van der Waals surface area contributed by atoms with Crippen molar-refractivity contribution in [3.63, 3.8) is 0 Å². The van der Waals surface area contributed by atoms with Gasteiger partial charge in [-0.2, -0.15) is 0 Å². The van der Waals surface area contributed by atoms with E-state index in [0.29, 0.717) is 5.69 Å². The average Bonchev–Trinajstić information content (AvgIpc) is 2.47. The van der Waals surface area contributed by atoms with Gasteiger partial charge in [-0.05, 0) is 29.7 Å². The number of sulfonamides is 1. The Bertz CT molecular complexity index is 671. The molecule has 20 heavy (non-hydrogen) atoms. The van der Waals surface area contributed by atoms with Crippen molar-refractivity contribution in [1.29, 1.82) is 0 Å². The van der Waals surface area contributed by atoms with Crippen LogP contribution in [0.4, 0.5) is 5.69 Å². The van der Waals surface area contributed by atoms with Gasteiger partial charge in [0, 0.05) is 7.05 Å². The lowest BCUT2D eigenvalue weighted by molar-refractivity contribution is 0.425. The monoisotopic (exact) mass is 291 g/mol. The van der Waals surface area contributed by atoms with Gasteiger partial charge >= 0.3 is 7.12 Å². The topological polar surface area (TPSA) is 77.8 Å². The highest BCUT2D eigenvalue weighted by Gasteiger charge is 2.21. The van der Waals surface area contributed by atoms with Crippen LogP contribution in [0.2, 0.25) is 0 Å². The van der Waals surface area contributed by atoms with E-state index in [2.05, 4.69) is 0 Å². The molecule has 0 spiro atoms. The predicted octanol–water partition coefficient (Wildman–Crippen LogP) is 0.191. The first-order chi connectivity index (χ1) is 9.43. The van der Waals surface area contributed by atoms with E-state index in [1.807, 2.05) is 0 Å². The molecule has 0 heterocycles. The molecule has 0 unspecified atom stereocenters. The lowest BCUT2D eigenvalue weighted by atomic mass is 9.81. The molecule has 2 rings (SSSR count). The van der Waals surface area contributed by atoms with Gasteiger partial charge in [0.15, 0.2) is 0 Å². The molecule has 0 aliphatic heterocycles. The molecule has 5 nitrogen and oxygen atoms in total. The predicted molar refractivity (Wildman–Crippen MR) is 78.3 cm³/mol. The molecule has 0 aromatic heterocycles. The van der Waals surface area contributed by atoms with E-state index in [0.717, 1.165) is 0 Å². The Morgan fingerprint density at radius 3 is 2.00 bits per heavy atom. The molecule has 7 heteroatoms. The van der Waals surface area contributed by atoms with Crippen molar-refractivity contribution < 1.29 is 18.5 Å². The number of para-hydroxylation sites is 1. The van der Waals surface area contributed by atoms with E-state index in [9.17, 15) is 8.42 Å². The second-order valence-corrected chi connectivity index (χ2v) is 6.22. The summed E-state index contributed by atoms with van der Waals surface area (Å²) < 4.78 is 26.0. The maximum absolute atomic E-state index is 12.4. The Hall–Kier alpha value is -1.83. The van der Waals surface area contributed by atoms with Crippen molar-refractivity contribution >= 4 is 28.3 Å². The zero-order valence-electron chi connectivity index (χ0n) is 10.8. The first-order valence-electron chi connectivity index (χ1n) is 5.93. The molecule has 0 saturated carbocycles. The normalized spacial score (nSPS) is 11.2. The minimum Gasteiger partial charge on any atom is -0.423 e. The first kappa shape index (κ1) is 14.6. The molecule has 0 fully saturated rings. The van der Waals surface area contributed by atoms with Gasteiger partial charge < -0.3 is 10.0 Å². The minimum atomic E-state index is -3.66. The SMILES string of the molecule is CN(c1ccccc1)S(=O)(=O)c1ccc(B(O)O)cc1. The molecule has 0 bridgehead atoms. The highest BCUT2D eigenvalue weighted by atomic mass is 32.2. The molecule has 0 aliphatic carbocycles. The summed E-state index contributed by atoms with van der Waals surface area (Å²) in [6, 6.07) is 14.2. The molecule has 0 saturated heterocycles. The fraction of sp³-hybridized carbons (Fsp3) is 0.0769. The number of nitrogens with zero attached hydrogens (tertiary/aromatic N) is 1. The van der Waals surface area contributed by atoms with Gasteiger partial charge in [0.05, 0.1) is 10.6 Å². The quantitative estimate of drug-likeness (QED) is 0.788. The summed E-state index contributed by atoms with van der Waals surface area (Å²) >= 11 is 0. The Balaban J connectivity index is 2.35. The lowest BCUT2D eigenvalue weighted by Crippen LogP contribution is -2.31. The Morgan fingerprint density at radius 1 is 0.950 bits per heavy atom. The third-order valence-electron chi connectivity index (χ3n) is 2.96. The molecule has 0 amide bonds. The zero-order chi connectivity index (χ0) is 14.8. The second kappa shape index (κ2) is 5.66. The van der Waals surface area contributed by atoms with Crippen LogP contribution in [-0.2, 0) is 10.0 Å². The maximum Gasteiger partial charge on any atom is 0.488 e. The molecule has 2 aromatic rings. The number of rotatable bonds is 4. The third-order valence-corrected chi connectivity index (χ3v) is 4.76. The molecular formula is C13H14BNO4S. The second-order valence-electron chi connectivity index (χ2n) is 4.25. The van der Waals surface area contributed by atoms with Gasteiger partial charge in [-0.3, -0.25) is 4.31 Å². The van der Waals surface area contributed by atoms with Crippen LogP contribution in [0.3, 0.4) is 0 Å². The number of hydrogen-bond acceptors (Lipinski definition) is 4. The summed E-state index contributed by atoms with van der Waals surface area (Å²) in [7, 11) is -3.81. The van der Waals surface area contributed by atoms with Crippen molar-refractivity contribution in [2.75, 3.05) is 11.4 Å². The van der Waals surface area contributed by atoms with E-state index in [4.69, 9.17) is 10.0 Å². The minimum absolute atomic E-state index is 0.0910. The van der Waals surface area contributed by atoms with Crippen LogP contribution < -0.4 is 9.77 Å². The van der Waals surface area contributed by atoms with Crippen LogP contribution in [0.5, 0.6) is 0 Å². The highest BCUT2D eigenvalue weighted by Crippen LogP contribution is 2.20. The van der Waals surface area contributed by atoms with E-state index >= 15 is 0 Å². The maximum atomic E-state index is 12.4. The molecular weight excluding hydrogens is 277 g/mol. The molecule has 0 atom stereocenters. The van der Waals surface area contributed by atoms with Gasteiger partial charge in [-0.15, -0.1) is 0 Å². The average molecular weight is 291 g/mol. The summed E-state index contributed by atoms with van der Waals surface area (Å²) in [5.41, 5.74) is 0.796.